The highest BCUT2D eigenvalue weighted by Gasteiger charge is 2.22. The van der Waals surface area contributed by atoms with Gasteiger partial charge in [0.2, 0.25) is 5.91 Å². The second-order valence-corrected chi connectivity index (χ2v) is 3.59. The number of nitrogens with two attached hydrogens (primary N) is 1. The normalized spacial score (nSPS) is 12.7. The van der Waals surface area contributed by atoms with Crippen LogP contribution in [0.25, 0.3) is 0 Å². The number of hydrogen-bond donors (Lipinski definition) is 1. The van der Waals surface area contributed by atoms with Crippen molar-refractivity contribution in [3.8, 4) is 0 Å². The van der Waals surface area contributed by atoms with Gasteiger partial charge in [-0.2, -0.15) is 0 Å². The van der Waals surface area contributed by atoms with E-state index >= 15 is 0 Å². The SMILES string of the molecule is C=CCN(C)C(=O)C(CN)C(C)C. The van der Waals surface area contributed by atoms with E-state index in [0.29, 0.717) is 19.0 Å². The van der Waals surface area contributed by atoms with Crippen molar-refractivity contribution < 1.29 is 4.79 Å². The molecular weight excluding hydrogens is 164 g/mol. The van der Waals surface area contributed by atoms with Crippen molar-refractivity contribution in [2.45, 2.75) is 13.8 Å². The summed E-state index contributed by atoms with van der Waals surface area (Å²) in [7, 11) is 1.77. The van der Waals surface area contributed by atoms with Crippen LogP contribution in [-0.4, -0.2) is 30.9 Å². The smallest absolute Gasteiger partial charge is 0.227 e. The molecule has 1 atom stereocenters. The molecule has 3 nitrogen and oxygen atoms in total. The van der Waals surface area contributed by atoms with Crippen molar-refractivity contribution in [3.63, 3.8) is 0 Å². The van der Waals surface area contributed by atoms with E-state index < -0.39 is 0 Å². The van der Waals surface area contributed by atoms with Gasteiger partial charge < -0.3 is 10.6 Å². The molecule has 0 radical (unpaired) electrons. The molecule has 76 valence electrons. The van der Waals surface area contributed by atoms with Crippen molar-refractivity contribution in [3.05, 3.63) is 12.7 Å². The first kappa shape index (κ1) is 12.2. The van der Waals surface area contributed by atoms with Gasteiger partial charge in [0.05, 0.1) is 5.92 Å². The fourth-order valence-electron chi connectivity index (χ4n) is 1.22. The molecule has 13 heavy (non-hydrogen) atoms. The van der Waals surface area contributed by atoms with Crippen LogP contribution in [-0.2, 0) is 4.79 Å². The van der Waals surface area contributed by atoms with Crippen LogP contribution in [0.15, 0.2) is 12.7 Å². The molecule has 0 heterocycles. The van der Waals surface area contributed by atoms with Gasteiger partial charge in [-0.05, 0) is 5.92 Å². The number of amides is 1. The van der Waals surface area contributed by atoms with E-state index in [1.165, 1.54) is 0 Å². The van der Waals surface area contributed by atoms with Gasteiger partial charge in [-0.1, -0.05) is 19.9 Å². The van der Waals surface area contributed by atoms with E-state index in [1.807, 2.05) is 13.8 Å². The molecule has 3 heteroatoms. The zero-order valence-electron chi connectivity index (χ0n) is 8.79. The molecule has 0 aliphatic heterocycles. The zero-order valence-corrected chi connectivity index (χ0v) is 8.79. The predicted octanol–water partition coefficient (Wildman–Crippen LogP) is 0.862. The molecule has 0 aromatic carbocycles. The maximum atomic E-state index is 11.7. The van der Waals surface area contributed by atoms with Crippen LogP contribution in [0.2, 0.25) is 0 Å². The van der Waals surface area contributed by atoms with E-state index in [9.17, 15) is 4.79 Å². The van der Waals surface area contributed by atoms with E-state index in [2.05, 4.69) is 6.58 Å². The molecule has 0 saturated carbocycles. The number of rotatable bonds is 5. The van der Waals surface area contributed by atoms with Crippen LogP contribution in [0.5, 0.6) is 0 Å². The van der Waals surface area contributed by atoms with Crippen molar-refractivity contribution >= 4 is 5.91 Å². The summed E-state index contributed by atoms with van der Waals surface area (Å²) in [4.78, 5) is 13.4. The van der Waals surface area contributed by atoms with Crippen molar-refractivity contribution in [1.82, 2.24) is 4.90 Å². The van der Waals surface area contributed by atoms with Gasteiger partial charge in [-0.15, -0.1) is 6.58 Å². The molecule has 2 N–H and O–H groups in total. The molecule has 1 amide bonds. The fraction of sp³-hybridized carbons (Fsp3) is 0.700. The topological polar surface area (TPSA) is 46.3 Å². The Labute approximate surface area is 80.6 Å². The van der Waals surface area contributed by atoms with Crippen LogP contribution >= 0.6 is 0 Å². The molecule has 0 aliphatic carbocycles. The third kappa shape index (κ3) is 3.59. The molecule has 0 saturated heterocycles. The molecule has 0 bridgehead atoms. The number of nitrogens with zero attached hydrogens (tertiary/aromatic N) is 1. The van der Waals surface area contributed by atoms with Gasteiger partial charge >= 0.3 is 0 Å². The van der Waals surface area contributed by atoms with Crippen molar-refractivity contribution in [2.24, 2.45) is 17.6 Å². The number of carbonyl (C=O) groups is 1. The fourth-order valence-corrected chi connectivity index (χ4v) is 1.22. The lowest BCUT2D eigenvalue weighted by molar-refractivity contribution is -0.134. The van der Waals surface area contributed by atoms with Gasteiger partial charge in [0.15, 0.2) is 0 Å². The van der Waals surface area contributed by atoms with Crippen LogP contribution in [0, 0.1) is 11.8 Å². The lowest BCUT2D eigenvalue weighted by Gasteiger charge is -2.24. The first-order valence-corrected chi connectivity index (χ1v) is 4.60. The van der Waals surface area contributed by atoms with Gasteiger partial charge in [-0.3, -0.25) is 4.79 Å². The Morgan fingerprint density at radius 3 is 2.46 bits per heavy atom. The number of carbonyl (C=O) groups excluding carboxylic acids is 1. The standard InChI is InChI=1S/C10H20N2O/c1-5-6-12(4)10(13)9(7-11)8(2)3/h5,8-9H,1,6-7,11H2,2-4H3. The molecule has 0 aromatic rings. The van der Waals surface area contributed by atoms with Crippen LogP contribution < -0.4 is 5.73 Å². The minimum atomic E-state index is -0.0649. The van der Waals surface area contributed by atoms with E-state index in [1.54, 1.807) is 18.0 Å². The van der Waals surface area contributed by atoms with Crippen molar-refractivity contribution in [1.29, 1.82) is 0 Å². The maximum Gasteiger partial charge on any atom is 0.227 e. The average molecular weight is 184 g/mol. The Morgan fingerprint density at radius 1 is 1.62 bits per heavy atom. The molecule has 0 spiro atoms. The highest BCUT2D eigenvalue weighted by Crippen LogP contribution is 2.11. The van der Waals surface area contributed by atoms with E-state index in [-0.39, 0.29) is 11.8 Å². The summed E-state index contributed by atoms with van der Waals surface area (Å²) in [6.45, 7) is 8.61. The average Bonchev–Trinajstić information content (AvgIpc) is 2.05. The Kier molecular flexibility index (Phi) is 5.39. The van der Waals surface area contributed by atoms with Crippen LogP contribution in [0.3, 0.4) is 0 Å². The molecule has 0 aromatic heterocycles. The molecule has 0 rings (SSSR count). The van der Waals surface area contributed by atoms with Crippen molar-refractivity contribution in [2.75, 3.05) is 20.1 Å². The predicted molar refractivity (Wildman–Crippen MR) is 55.2 cm³/mol. The third-order valence-corrected chi connectivity index (χ3v) is 2.16. The molecular formula is C10H20N2O. The zero-order chi connectivity index (χ0) is 10.4. The molecule has 1 unspecified atom stereocenters. The highest BCUT2D eigenvalue weighted by atomic mass is 16.2. The second-order valence-electron chi connectivity index (χ2n) is 3.59. The summed E-state index contributed by atoms with van der Waals surface area (Å²) in [6.07, 6.45) is 1.71. The third-order valence-electron chi connectivity index (χ3n) is 2.16. The first-order chi connectivity index (χ1) is 6.04. The largest absolute Gasteiger partial charge is 0.342 e. The molecule has 0 aliphatic rings. The number of hydrogen-bond acceptors (Lipinski definition) is 2. The molecule has 0 fully saturated rings. The minimum absolute atomic E-state index is 0.0649. The monoisotopic (exact) mass is 184 g/mol. The minimum Gasteiger partial charge on any atom is -0.342 e. The van der Waals surface area contributed by atoms with Crippen LogP contribution in [0.4, 0.5) is 0 Å². The highest BCUT2D eigenvalue weighted by molar-refractivity contribution is 5.79. The Hall–Kier alpha value is -0.830. The summed E-state index contributed by atoms with van der Waals surface area (Å²) in [5.74, 6) is 0.340. The van der Waals surface area contributed by atoms with E-state index in [4.69, 9.17) is 5.73 Å². The Morgan fingerprint density at radius 2 is 2.15 bits per heavy atom. The van der Waals surface area contributed by atoms with E-state index in [0.717, 1.165) is 0 Å². The quantitative estimate of drug-likeness (QED) is 0.644. The summed E-state index contributed by atoms with van der Waals surface area (Å²) in [6, 6.07) is 0. The lowest BCUT2D eigenvalue weighted by atomic mass is 9.94. The number of likely N-dealkylation sites (N-methyl/N-ethyl adjacent to an activating group) is 1. The van der Waals surface area contributed by atoms with Gasteiger partial charge in [0, 0.05) is 20.1 Å². The second kappa shape index (κ2) is 5.75. The Balaban J connectivity index is 4.27. The summed E-state index contributed by atoms with van der Waals surface area (Å²) in [5, 5.41) is 0. The van der Waals surface area contributed by atoms with Gasteiger partial charge in [0.1, 0.15) is 0 Å². The summed E-state index contributed by atoms with van der Waals surface area (Å²) >= 11 is 0. The Bertz CT molecular complexity index is 178. The lowest BCUT2D eigenvalue weighted by Crippen LogP contribution is -2.39. The van der Waals surface area contributed by atoms with Gasteiger partial charge in [0.25, 0.3) is 0 Å². The van der Waals surface area contributed by atoms with Crippen LogP contribution in [0.1, 0.15) is 13.8 Å². The van der Waals surface area contributed by atoms with Gasteiger partial charge in [-0.25, -0.2) is 0 Å². The summed E-state index contributed by atoms with van der Waals surface area (Å²) in [5.41, 5.74) is 5.54. The summed E-state index contributed by atoms with van der Waals surface area (Å²) < 4.78 is 0. The maximum absolute atomic E-state index is 11.7. The first-order valence-electron chi connectivity index (χ1n) is 4.60.